The summed E-state index contributed by atoms with van der Waals surface area (Å²) in [6.07, 6.45) is 5.39. The molecule has 1 aromatic carbocycles. The van der Waals surface area contributed by atoms with Gasteiger partial charge in [-0.2, -0.15) is 4.31 Å². The third-order valence-corrected chi connectivity index (χ3v) is 9.63. The van der Waals surface area contributed by atoms with Crippen molar-refractivity contribution in [2.45, 2.75) is 42.7 Å². The van der Waals surface area contributed by atoms with Gasteiger partial charge >= 0.3 is 0 Å². The second-order valence-corrected chi connectivity index (χ2v) is 12.0. The fourth-order valence-corrected chi connectivity index (χ4v) is 7.21. The molecule has 1 aromatic heterocycles. The zero-order valence-electron chi connectivity index (χ0n) is 18.5. The van der Waals surface area contributed by atoms with E-state index in [2.05, 4.69) is 15.2 Å². The molecule has 188 valence electrons. The van der Waals surface area contributed by atoms with E-state index >= 15 is 4.39 Å². The molecule has 2 aromatic rings. The van der Waals surface area contributed by atoms with Gasteiger partial charge in [0.05, 0.1) is 16.8 Å². The molecule has 34 heavy (non-hydrogen) atoms. The number of carbonyl (C=O) groups is 1. The molecule has 1 amide bonds. The highest BCUT2D eigenvalue weighted by atomic mass is 127. The maximum absolute atomic E-state index is 15.1. The topological polar surface area (TPSA) is 114 Å². The standard InChI is InChI=1S/C20H25ClFIN6O3S.ClH/c1-27-12-16(25-26-27)33(31,32)29-8-6-28(7-9-29)20(4-2-3-5-20)11-14-17(21)13(19(24)30)10-15(23)18(14)22;/h10,12H,2-9,11H2,1H3,(H2,24,30);1H. The van der Waals surface area contributed by atoms with Gasteiger partial charge in [-0.05, 0) is 47.9 Å². The minimum atomic E-state index is -3.72. The van der Waals surface area contributed by atoms with Crippen molar-refractivity contribution < 1.29 is 17.6 Å². The molecule has 0 atom stereocenters. The number of aryl methyl sites for hydroxylation is 1. The fraction of sp³-hybridized carbons (Fsp3) is 0.550. The molecule has 2 N–H and O–H groups in total. The zero-order chi connectivity index (χ0) is 24.0. The van der Waals surface area contributed by atoms with E-state index in [1.807, 2.05) is 22.6 Å². The summed E-state index contributed by atoms with van der Waals surface area (Å²) in [5, 5.41) is 7.48. The van der Waals surface area contributed by atoms with Crippen LogP contribution in [0.1, 0.15) is 41.6 Å². The van der Waals surface area contributed by atoms with Crippen molar-refractivity contribution in [1.82, 2.24) is 24.2 Å². The Balaban J connectivity index is 0.00000324. The summed E-state index contributed by atoms with van der Waals surface area (Å²) in [4.78, 5) is 14.1. The monoisotopic (exact) mass is 646 g/mol. The third-order valence-electron chi connectivity index (χ3n) is 6.65. The minimum absolute atomic E-state index is 0. The lowest BCUT2D eigenvalue weighted by Crippen LogP contribution is -2.58. The number of primary amides is 1. The van der Waals surface area contributed by atoms with E-state index in [4.69, 9.17) is 17.3 Å². The first kappa shape index (κ1) is 27.5. The van der Waals surface area contributed by atoms with Crippen LogP contribution in [0.4, 0.5) is 4.39 Å². The average molecular weight is 647 g/mol. The van der Waals surface area contributed by atoms with Gasteiger partial charge in [-0.25, -0.2) is 12.8 Å². The number of carbonyl (C=O) groups excluding carboxylic acids is 1. The van der Waals surface area contributed by atoms with Gasteiger partial charge in [0.25, 0.3) is 10.0 Å². The Morgan fingerprint density at radius 1 is 1.26 bits per heavy atom. The fourth-order valence-electron chi connectivity index (χ4n) is 4.94. The number of hydrogen-bond donors (Lipinski definition) is 1. The van der Waals surface area contributed by atoms with Crippen molar-refractivity contribution in [2.75, 3.05) is 26.2 Å². The van der Waals surface area contributed by atoms with Gasteiger partial charge in [-0.15, -0.1) is 17.5 Å². The zero-order valence-corrected chi connectivity index (χ0v) is 23.1. The molecule has 1 saturated carbocycles. The Hall–Kier alpha value is -1.06. The smallest absolute Gasteiger partial charge is 0.264 e. The van der Waals surface area contributed by atoms with Crippen LogP contribution in [0.5, 0.6) is 0 Å². The number of sulfonamides is 1. The first-order valence-electron chi connectivity index (χ1n) is 10.6. The molecule has 0 radical (unpaired) electrons. The van der Waals surface area contributed by atoms with Crippen LogP contribution in [-0.2, 0) is 23.5 Å². The Morgan fingerprint density at radius 3 is 2.41 bits per heavy atom. The molecule has 1 aliphatic carbocycles. The quantitative estimate of drug-likeness (QED) is 0.381. The van der Waals surface area contributed by atoms with Crippen molar-refractivity contribution in [3.05, 3.63) is 37.8 Å². The van der Waals surface area contributed by atoms with Gasteiger partial charge in [-0.1, -0.05) is 29.7 Å². The summed E-state index contributed by atoms with van der Waals surface area (Å²) in [7, 11) is -2.10. The van der Waals surface area contributed by atoms with Crippen LogP contribution in [0, 0.1) is 9.39 Å². The van der Waals surface area contributed by atoms with E-state index < -0.39 is 21.7 Å². The molecule has 14 heteroatoms. The lowest BCUT2D eigenvalue weighted by atomic mass is 9.85. The van der Waals surface area contributed by atoms with E-state index in [9.17, 15) is 13.2 Å². The summed E-state index contributed by atoms with van der Waals surface area (Å²) < 4.78 is 44.0. The number of hydrogen-bond acceptors (Lipinski definition) is 6. The molecule has 0 bridgehead atoms. The van der Waals surface area contributed by atoms with Crippen molar-refractivity contribution in [1.29, 1.82) is 0 Å². The van der Waals surface area contributed by atoms with Crippen molar-refractivity contribution >= 4 is 62.5 Å². The van der Waals surface area contributed by atoms with Crippen LogP contribution < -0.4 is 5.73 Å². The van der Waals surface area contributed by atoms with Crippen LogP contribution in [0.2, 0.25) is 5.02 Å². The van der Waals surface area contributed by atoms with Crippen LogP contribution in [0.15, 0.2) is 17.3 Å². The summed E-state index contributed by atoms with van der Waals surface area (Å²) in [5.74, 6) is -1.12. The molecule has 0 unspecified atom stereocenters. The normalized spacial score (nSPS) is 19.2. The first-order chi connectivity index (χ1) is 15.5. The van der Waals surface area contributed by atoms with Gasteiger partial charge in [0.2, 0.25) is 10.9 Å². The number of benzene rings is 1. The minimum Gasteiger partial charge on any atom is -0.366 e. The molecular formula is C20H26Cl2FIN6O3S. The number of piperazine rings is 1. The summed E-state index contributed by atoms with van der Waals surface area (Å²) >= 11 is 8.30. The van der Waals surface area contributed by atoms with Crippen molar-refractivity contribution in [3.63, 3.8) is 0 Å². The largest absolute Gasteiger partial charge is 0.366 e. The molecule has 0 spiro atoms. The Morgan fingerprint density at radius 2 is 1.88 bits per heavy atom. The van der Waals surface area contributed by atoms with Crippen LogP contribution >= 0.6 is 46.6 Å². The van der Waals surface area contributed by atoms with Gasteiger partial charge in [0, 0.05) is 47.9 Å². The summed E-state index contributed by atoms with van der Waals surface area (Å²) in [6.45, 7) is 1.61. The van der Waals surface area contributed by atoms with Crippen LogP contribution in [-0.4, -0.2) is 70.2 Å². The maximum atomic E-state index is 15.1. The lowest BCUT2D eigenvalue weighted by molar-refractivity contribution is 0.0565. The first-order valence-corrected chi connectivity index (χ1v) is 13.5. The van der Waals surface area contributed by atoms with Gasteiger partial charge < -0.3 is 5.73 Å². The molecule has 1 saturated heterocycles. The van der Waals surface area contributed by atoms with E-state index in [1.54, 1.807) is 7.05 Å². The van der Waals surface area contributed by atoms with E-state index in [1.165, 1.54) is 21.3 Å². The average Bonchev–Trinajstić information content (AvgIpc) is 3.44. The number of nitrogens with two attached hydrogens (primary N) is 1. The Bertz CT molecular complexity index is 1180. The molecule has 2 aliphatic rings. The molecule has 2 heterocycles. The molecular weight excluding hydrogens is 621 g/mol. The van der Waals surface area contributed by atoms with Gasteiger partial charge in [0.15, 0.2) is 0 Å². The van der Waals surface area contributed by atoms with E-state index in [0.717, 1.165) is 25.7 Å². The van der Waals surface area contributed by atoms with Gasteiger partial charge in [0.1, 0.15) is 5.82 Å². The Labute approximate surface area is 222 Å². The molecule has 4 rings (SSSR count). The Kier molecular flexibility index (Phi) is 8.51. The predicted octanol–water partition coefficient (Wildman–Crippen LogP) is 2.59. The van der Waals surface area contributed by atoms with E-state index in [-0.39, 0.29) is 33.6 Å². The highest BCUT2D eigenvalue weighted by Crippen LogP contribution is 2.42. The molecule has 1 aliphatic heterocycles. The number of rotatable bonds is 6. The van der Waals surface area contributed by atoms with Crippen molar-refractivity contribution in [3.8, 4) is 0 Å². The second-order valence-electron chi connectivity index (χ2n) is 8.61. The number of nitrogens with zero attached hydrogens (tertiary/aromatic N) is 5. The number of aromatic nitrogens is 3. The number of halogens is 4. The lowest BCUT2D eigenvalue weighted by Gasteiger charge is -2.46. The maximum Gasteiger partial charge on any atom is 0.264 e. The highest BCUT2D eigenvalue weighted by Gasteiger charge is 2.43. The predicted molar refractivity (Wildman–Crippen MR) is 136 cm³/mol. The second kappa shape index (κ2) is 10.5. The molecule has 2 fully saturated rings. The van der Waals surface area contributed by atoms with E-state index in [0.29, 0.717) is 41.7 Å². The van der Waals surface area contributed by atoms with Gasteiger partial charge in [-0.3, -0.25) is 14.4 Å². The van der Waals surface area contributed by atoms with Crippen LogP contribution in [0.25, 0.3) is 0 Å². The summed E-state index contributed by atoms with van der Waals surface area (Å²) in [5.41, 5.74) is 5.52. The summed E-state index contributed by atoms with van der Waals surface area (Å²) in [6, 6.07) is 1.38. The van der Waals surface area contributed by atoms with Crippen molar-refractivity contribution in [2.24, 2.45) is 12.8 Å². The molecule has 9 nitrogen and oxygen atoms in total. The SMILES string of the molecule is Cl.Cn1cc(S(=O)(=O)N2CCN(C3(Cc4c(F)c(I)cc(C(N)=O)c4Cl)CCCC3)CC2)nn1. The third kappa shape index (κ3) is 5.07. The van der Waals surface area contributed by atoms with Crippen LogP contribution in [0.3, 0.4) is 0 Å². The number of amides is 1. The highest BCUT2D eigenvalue weighted by molar-refractivity contribution is 14.1.